The molecule has 1 heteroatoms. The van der Waals surface area contributed by atoms with Crippen molar-refractivity contribution in [3.8, 4) is 0 Å². The minimum absolute atomic E-state index is 0.626. The van der Waals surface area contributed by atoms with E-state index in [2.05, 4.69) is 38.1 Å². The molecule has 0 amide bonds. The molecule has 1 aromatic rings. The first kappa shape index (κ1) is 12.6. The van der Waals surface area contributed by atoms with Crippen molar-refractivity contribution in [2.24, 2.45) is 11.7 Å². The Morgan fingerprint density at radius 2 is 1.76 bits per heavy atom. The first-order valence-electron chi connectivity index (χ1n) is 7.02. The highest BCUT2D eigenvalue weighted by atomic mass is 14.6. The summed E-state index contributed by atoms with van der Waals surface area (Å²) in [5.74, 6) is 2.03. The SMILES string of the molecule is CC(C)c1ccc(C2CCCCC2CN)cc1. The van der Waals surface area contributed by atoms with E-state index in [9.17, 15) is 0 Å². The number of hydrogen-bond acceptors (Lipinski definition) is 1. The quantitative estimate of drug-likeness (QED) is 0.834. The number of hydrogen-bond donors (Lipinski definition) is 1. The molecule has 1 aliphatic carbocycles. The van der Waals surface area contributed by atoms with Gasteiger partial charge in [-0.1, -0.05) is 51.0 Å². The second kappa shape index (κ2) is 5.68. The molecule has 2 rings (SSSR count). The first-order chi connectivity index (χ1) is 8.22. The Kier molecular flexibility index (Phi) is 4.22. The molecule has 1 saturated carbocycles. The molecule has 0 aromatic heterocycles. The zero-order chi connectivity index (χ0) is 12.3. The maximum absolute atomic E-state index is 5.91. The van der Waals surface area contributed by atoms with E-state index in [-0.39, 0.29) is 0 Å². The normalized spacial score (nSPS) is 25.2. The zero-order valence-electron chi connectivity index (χ0n) is 11.2. The summed E-state index contributed by atoms with van der Waals surface area (Å²) in [6.07, 6.45) is 5.37. The largest absolute Gasteiger partial charge is 0.330 e. The van der Waals surface area contributed by atoms with Gasteiger partial charge < -0.3 is 5.73 Å². The van der Waals surface area contributed by atoms with Gasteiger partial charge in [0.05, 0.1) is 0 Å². The van der Waals surface area contributed by atoms with Crippen molar-refractivity contribution < 1.29 is 0 Å². The number of nitrogens with two attached hydrogens (primary N) is 1. The molecule has 0 radical (unpaired) electrons. The van der Waals surface area contributed by atoms with Crippen LogP contribution in [0.5, 0.6) is 0 Å². The van der Waals surface area contributed by atoms with Crippen molar-refractivity contribution in [3.63, 3.8) is 0 Å². The lowest BCUT2D eigenvalue weighted by atomic mass is 9.75. The highest BCUT2D eigenvalue weighted by Gasteiger charge is 2.25. The average Bonchev–Trinajstić information content (AvgIpc) is 2.39. The fourth-order valence-corrected chi connectivity index (χ4v) is 3.06. The molecule has 0 bridgehead atoms. The average molecular weight is 231 g/mol. The molecule has 1 aliphatic rings. The molecule has 2 N–H and O–H groups in total. The highest BCUT2D eigenvalue weighted by Crippen LogP contribution is 2.37. The van der Waals surface area contributed by atoms with Crippen LogP contribution in [0.15, 0.2) is 24.3 Å². The Morgan fingerprint density at radius 1 is 1.12 bits per heavy atom. The van der Waals surface area contributed by atoms with Crippen molar-refractivity contribution in [1.29, 1.82) is 0 Å². The molecule has 1 fully saturated rings. The summed E-state index contributed by atoms with van der Waals surface area (Å²) >= 11 is 0. The lowest BCUT2D eigenvalue weighted by molar-refractivity contribution is 0.314. The van der Waals surface area contributed by atoms with E-state index in [1.807, 2.05) is 0 Å². The molecular weight excluding hydrogens is 206 g/mol. The Balaban J connectivity index is 2.15. The van der Waals surface area contributed by atoms with E-state index in [4.69, 9.17) is 5.73 Å². The second-order valence-corrected chi connectivity index (χ2v) is 5.71. The molecule has 0 heterocycles. The van der Waals surface area contributed by atoms with Crippen molar-refractivity contribution in [3.05, 3.63) is 35.4 Å². The Morgan fingerprint density at radius 3 is 2.35 bits per heavy atom. The maximum atomic E-state index is 5.91. The van der Waals surface area contributed by atoms with E-state index in [0.717, 1.165) is 6.54 Å². The van der Waals surface area contributed by atoms with Gasteiger partial charge in [-0.3, -0.25) is 0 Å². The summed E-state index contributed by atoms with van der Waals surface area (Å²) in [6.45, 7) is 5.34. The van der Waals surface area contributed by atoms with Gasteiger partial charge in [-0.15, -0.1) is 0 Å². The van der Waals surface area contributed by atoms with Crippen molar-refractivity contribution in [2.45, 2.75) is 51.4 Å². The van der Waals surface area contributed by atoms with Gasteiger partial charge in [0.15, 0.2) is 0 Å². The summed E-state index contributed by atoms with van der Waals surface area (Å²) < 4.78 is 0. The van der Waals surface area contributed by atoms with E-state index >= 15 is 0 Å². The molecule has 94 valence electrons. The molecule has 2 unspecified atom stereocenters. The summed E-state index contributed by atoms with van der Waals surface area (Å²) in [7, 11) is 0. The highest BCUT2D eigenvalue weighted by molar-refractivity contribution is 5.28. The fraction of sp³-hybridized carbons (Fsp3) is 0.625. The third-order valence-electron chi connectivity index (χ3n) is 4.24. The fourth-order valence-electron chi connectivity index (χ4n) is 3.06. The van der Waals surface area contributed by atoms with Gasteiger partial charge in [0.2, 0.25) is 0 Å². The van der Waals surface area contributed by atoms with Crippen LogP contribution in [0.2, 0.25) is 0 Å². The number of benzene rings is 1. The molecule has 2 atom stereocenters. The van der Waals surface area contributed by atoms with Crippen LogP contribution in [-0.4, -0.2) is 6.54 Å². The number of rotatable bonds is 3. The standard InChI is InChI=1S/C16H25N/c1-12(2)13-7-9-14(10-8-13)16-6-4-3-5-15(16)11-17/h7-10,12,15-16H,3-6,11,17H2,1-2H3. The van der Waals surface area contributed by atoms with E-state index in [1.54, 1.807) is 0 Å². The van der Waals surface area contributed by atoms with Crippen LogP contribution >= 0.6 is 0 Å². The summed E-state index contributed by atoms with van der Waals surface area (Å²) in [5.41, 5.74) is 8.85. The third-order valence-corrected chi connectivity index (χ3v) is 4.24. The van der Waals surface area contributed by atoms with Crippen LogP contribution in [0.3, 0.4) is 0 Å². The monoisotopic (exact) mass is 231 g/mol. The van der Waals surface area contributed by atoms with Crippen LogP contribution in [-0.2, 0) is 0 Å². The maximum Gasteiger partial charge on any atom is -0.00430 e. The van der Waals surface area contributed by atoms with Crippen LogP contribution in [0.25, 0.3) is 0 Å². The molecule has 1 aromatic carbocycles. The van der Waals surface area contributed by atoms with E-state index in [1.165, 1.54) is 36.8 Å². The summed E-state index contributed by atoms with van der Waals surface area (Å²) in [6, 6.07) is 9.24. The van der Waals surface area contributed by atoms with Crippen LogP contribution in [0.4, 0.5) is 0 Å². The molecular formula is C16H25N. The molecule has 17 heavy (non-hydrogen) atoms. The Labute approximate surface area is 105 Å². The van der Waals surface area contributed by atoms with E-state index < -0.39 is 0 Å². The predicted molar refractivity (Wildman–Crippen MR) is 74.3 cm³/mol. The third kappa shape index (κ3) is 2.90. The first-order valence-corrected chi connectivity index (χ1v) is 7.02. The Hall–Kier alpha value is -0.820. The summed E-state index contributed by atoms with van der Waals surface area (Å²) in [4.78, 5) is 0. The van der Waals surface area contributed by atoms with Crippen molar-refractivity contribution in [2.75, 3.05) is 6.54 Å². The Bertz CT molecular complexity index is 339. The lowest BCUT2D eigenvalue weighted by Crippen LogP contribution is -2.25. The minimum atomic E-state index is 0.626. The smallest absolute Gasteiger partial charge is 0.00430 e. The summed E-state index contributed by atoms with van der Waals surface area (Å²) in [5, 5.41) is 0. The van der Waals surface area contributed by atoms with Crippen LogP contribution < -0.4 is 5.73 Å². The van der Waals surface area contributed by atoms with Gasteiger partial charge >= 0.3 is 0 Å². The minimum Gasteiger partial charge on any atom is -0.330 e. The van der Waals surface area contributed by atoms with Crippen molar-refractivity contribution >= 4 is 0 Å². The molecule has 1 nitrogen and oxygen atoms in total. The molecule has 0 saturated heterocycles. The van der Waals surface area contributed by atoms with Gasteiger partial charge in [0.1, 0.15) is 0 Å². The van der Waals surface area contributed by atoms with Gasteiger partial charge in [-0.05, 0) is 48.3 Å². The van der Waals surface area contributed by atoms with Crippen molar-refractivity contribution in [1.82, 2.24) is 0 Å². The van der Waals surface area contributed by atoms with Gasteiger partial charge in [0.25, 0.3) is 0 Å². The van der Waals surface area contributed by atoms with Crippen LogP contribution in [0.1, 0.15) is 62.5 Å². The topological polar surface area (TPSA) is 26.0 Å². The van der Waals surface area contributed by atoms with Gasteiger partial charge in [0, 0.05) is 0 Å². The predicted octanol–water partition coefficient (Wildman–Crippen LogP) is 4.04. The van der Waals surface area contributed by atoms with Gasteiger partial charge in [-0.2, -0.15) is 0 Å². The molecule has 0 spiro atoms. The molecule has 0 aliphatic heterocycles. The zero-order valence-corrected chi connectivity index (χ0v) is 11.2. The van der Waals surface area contributed by atoms with Gasteiger partial charge in [-0.25, -0.2) is 0 Å². The van der Waals surface area contributed by atoms with E-state index in [0.29, 0.717) is 17.8 Å². The second-order valence-electron chi connectivity index (χ2n) is 5.71. The lowest BCUT2D eigenvalue weighted by Gasteiger charge is -2.31. The van der Waals surface area contributed by atoms with Crippen LogP contribution in [0, 0.1) is 5.92 Å².